The van der Waals surface area contributed by atoms with Crippen LogP contribution in [0.4, 0.5) is 0 Å². The second kappa shape index (κ2) is 5.28. The smallest absolute Gasteiger partial charge is 0.0623 e. The van der Waals surface area contributed by atoms with E-state index in [4.69, 9.17) is 10.5 Å². The molecule has 1 saturated carbocycles. The summed E-state index contributed by atoms with van der Waals surface area (Å²) in [6.45, 7) is 3.29. The van der Waals surface area contributed by atoms with E-state index in [0.29, 0.717) is 12.0 Å². The summed E-state index contributed by atoms with van der Waals surface area (Å²) in [6, 6.07) is 0.906. The Morgan fingerprint density at radius 2 is 2.20 bits per heavy atom. The minimum absolute atomic E-state index is 0.386. The number of likely N-dealkylation sites (tertiary alicyclic amines) is 1. The molecule has 1 aliphatic heterocycles. The third-order valence-corrected chi connectivity index (χ3v) is 3.83. The summed E-state index contributed by atoms with van der Waals surface area (Å²) in [6.07, 6.45) is 6.90. The second-order valence-corrected chi connectivity index (χ2v) is 4.98. The summed E-state index contributed by atoms with van der Waals surface area (Å²) in [5.74, 6) is 0.716. The molecule has 2 aliphatic rings. The number of rotatable bonds is 5. The largest absolute Gasteiger partial charge is 0.381 e. The van der Waals surface area contributed by atoms with Gasteiger partial charge in [-0.05, 0) is 51.1 Å². The molecule has 2 atom stereocenters. The van der Waals surface area contributed by atoms with Crippen LogP contribution in [-0.2, 0) is 4.74 Å². The zero-order valence-electron chi connectivity index (χ0n) is 9.82. The van der Waals surface area contributed by atoms with Crippen LogP contribution >= 0.6 is 0 Å². The van der Waals surface area contributed by atoms with Gasteiger partial charge in [0.1, 0.15) is 0 Å². The Bertz CT molecular complexity index is 194. The van der Waals surface area contributed by atoms with Crippen molar-refractivity contribution in [1.82, 2.24) is 4.90 Å². The molecule has 1 aliphatic carbocycles. The molecular weight excluding hydrogens is 188 g/mol. The van der Waals surface area contributed by atoms with E-state index in [1.54, 1.807) is 0 Å². The Labute approximate surface area is 93.0 Å². The van der Waals surface area contributed by atoms with Crippen LogP contribution in [0.5, 0.6) is 0 Å². The molecule has 0 amide bonds. The Morgan fingerprint density at radius 1 is 1.40 bits per heavy atom. The summed E-state index contributed by atoms with van der Waals surface area (Å²) < 4.78 is 5.57. The molecule has 2 rings (SSSR count). The van der Waals surface area contributed by atoms with E-state index in [-0.39, 0.29) is 0 Å². The Hall–Kier alpha value is -0.120. The van der Waals surface area contributed by atoms with Gasteiger partial charge in [-0.3, -0.25) is 0 Å². The maximum Gasteiger partial charge on any atom is 0.0623 e. The molecule has 1 heterocycles. The van der Waals surface area contributed by atoms with Gasteiger partial charge in [0.25, 0.3) is 0 Å². The predicted octanol–water partition coefficient (Wildman–Crippen LogP) is 1.22. The average Bonchev–Trinajstić information content (AvgIpc) is 3.10. The van der Waals surface area contributed by atoms with Crippen molar-refractivity contribution < 1.29 is 4.74 Å². The SMILES string of the molecule is COC(CCN)C1CCCN(C2CC2)C1. The van der Waals surface area contributed by atoms with Crippen LogP contribution in [0.3, 0.4) is 0 Å². The standard InChI is InChI=1S/C12H24N2O/c1-15-12(6-7-13)10-3-2-8-14(9-10)11-4-5-11/h10-12H,2-9,13H2,1H3. The Morgan fingerprint density at radius 3 is 2.80 bits per heavy atom. The van der Waals surface area contributed by atoms with Gasteiger partial charge in [0.15, 0.2) is 0 Å². The van der Waals surface area contributed by atoms with Crippen molar-refractivity contribution >= 4 is 0 Å². The Kier molecular flexibility index (Phi) is 4.00. The summed E-state index contributed by atoms with van der Waals surface area (Å²) >= 11 is 0. The highest BCUT2D eigenvalue weighted by atomic mass is 16.5. The van der Waals surface area contributed by atoms with Crippen molar-refractivity contribution in [2.45, 2.75) is 44.2 Å². The van der Waals surface area contributed by atoms with Crippen LogP contribution in [0.15, 0.2) is 0 Å². The zero-order chi connectivity index (χ0) is 10.7. The molecule has 0 aromatic carbocycles. The average molecular weight is 212 g/mol. The van der Waals surface area contributed by atoms with Crippen molar-refractivity contribution in [3.63, 3.8) is 0 Å². The van der Waals surface area contributed by atoms with Crippen molar-refractivity contribution in [1.29, 1.82) is 0 Å². The van der Waals surface area contributed by atoms with Crippen molar-refractivity contribution in [2.24, 2.45) is 11.7 Å². The van der Waals surface area contributed by atoms with Gasteiger partial charge in [0.05, 0.1) is 6.10 Å². The summed E-state index contributed by atoms with van der Waals surface area (Å²) in [4.78, 5) is 2.66. The van der Waals surface area contributed by atoms with Crippen molar-refractivity contribution in [3.8, 4) is 0 Å². The van der Waals surface area contributed by atoms with Gasteiger partial charge >= 0.3 is 0 Å². The van der Waals surface area contributed by atoms with Gasteiger partial charge in [-0.2, -0.15) is 0 Å². The fourth-order valence-corrected chi connectivity index (χ4v) is 2.83. The molecule has 3 nitrogen and oxygen atoms in total. The number of nitrogens with zero attached hydrogens (tertiary/aromatic N) is 1. The van der Waals surface area contributed by atoms with Crippen LogP contribution in [0.2, 0.25) is 0 Å². The lowest BCUT2D eigenvalue weighted by molar-refractivity contribution is 0.0103. The molecule has 2 fully saturated rings. The fourth-order valence-electron chi connectivity index (χ4n) is 2.83. The fraction of sp³-hybridized carbons (Fsp3) is 1.00. The van der Waals surface area contributed by atoms with E-state index in [0.717, 1.165) is 19.0 Å². The van der Waals surface area contributed by atoms with E-state index in [1.165, 1.54) is 38.8 Å². The molecule has 0 aromatic heterocycles. The van der Waals surface area contributed by atoms with Gasteiger partial charge < -0.3 is 15.4 Å². The van der Waals surface area contributed by atoms with Gasteiger partial charge in [0.2, 0.25) is 0 Å². The van der Waals surface area contributed by atoms with E-state index >= 15 is 0 Å². The van der Waals surface area contributed by atoms with Crippen LogP contribution in [0.1, 0.15) is 32.1 Å². The first-order chi connectivity index (χ1) is 7.35. The third-order valence-electron chi connectivity index (χ3n) is 3.83. The van der Waals surface area contributed by atoms with Crippen LogP contribution < -0.4 is 5.73 Å². The number of hydrogen-bond donors (Lipinski definition) is 1. The minimum atomic E-state index is 0.386. The molecule has 0 aromatic rings. The monoisotopic (exact) mass is 212 g/mol. The molecule has 2 N–H and O–H groups in total. The van der Waals surface area contributed by atoms with Gasteiger partial charge in [0, 0.05) is 19.7 Å². The first-order valence-corrected chi connectivity index (χ1v) is 6.32. The molecule has 15 heavy (non-hydrogen) atoms. The zero-order valence-corrected chi connectivity index (χ0v) is 9.82. The molecule has 0 spiro atoms. The lowest BCUT2D eigenvalue weighted by Gasteiger charge is -2.36. The highest BCUT2D eigenvalue weighted by Crippen LogP contribution is 2.32. The second-order valence-electron chi connectivity index (χ2n) is 4.98. The summed E-state index contributed by atoms with van der Waals surface area (Å²) in [7, 11) is 1.83. The van der Waals surface area contributed by atoms with Crippen LogP contribution in [0, 0.1) is 5.92 Å². The summed E-state index contributed by atoms with van der Waals surface area (Å²) in [5.41, 5.74) is 5.62. The predicted molar refractivity (Wildman–Crippen MR) is 61.8 cm³/mol. The summed E-state index contributed by atoms with van der Waals surface area (Å²) in [5, 5.41) is 0. The van der Waals surface area contributed by atoms with Crippen molar-refractivity contribution in [3.05, 3.63) is 0 Å². The number of ether oxygens (including phenoxy) is 1. The quantitative estimate of drug-likeness (QED) is 0.745. The maximum absolute atomic E-state index is 5.62. The first kappa shape index (κ1) is 11.4. The molecule has 1 saturated heterocycles. The molecule has 0 radical (unpaired) electrons. The molecular formula is C12H24N2O. The molecule has 2 unspecified atom stereocenters. The van der Waals surface area contributed by atoms with Gasteiger partial charge in [-0.25, -0.2) is 0 Å². The normalized spacial score (nSPS) is 30.4. The number of methoxy groups -OCH3 is 1. The van der Waals surface area contributed by atoms with Gasteiger partial charge in [-0.15, -0.1) is 0 Å². The van der Waals surface area contributed by atoms with Crippen molar-refractivity contribution in [2.75, 3.05) is 26.7 Å². The van der Waals surface area contributed by atoms with Crippen LogP contribution in [-0.4, -0.2) is 43.8 Å². The lowest BCUT2D eigenvalue weighted by Crippen LogP contribution is -2.42. The van der Waals surface area contributed by atoms with E-state index in [2.05, 4.69) is 4.90 Å². The van der Waals surface area contributed by atoms with E-state index in [1.807, 2.05) is 7.11 Å². The highest BCUT2D eigenvalue weighted by molar-refractivity contribution is 4.89. The van der Waals surface area contributed by atoms with E-state index < -0.39 is 0 Å². The third kappa shape index (κ3) is 2.92. The van der Waals surface area contributed by atoms with E-state index in [9.17, 15) is 0 Å². The number of nitrogens with two attached hydrogens (primary N) is 1. The highest BCUT2D eigenvalue weighted by Gasteiger charge is 2.34. The number of piperidine rings is 1. The topological polar surface area (TPSA) is 38.5 Å². The van der Waals surface area contributed by atoms with Gasteiger partial charge in [-0.1, -0.05) is 0 Å². The minimum Gasteiger partial charge on any atom is -0.381 e. The first-order valence-electron chi connectivity index (χ1n) is 6.32. The Balaban J connectivity index is 1.84. The van der Waals surface area contributed by atoms with Crippen LogP contribution in [0.25, 0.3) is 0 Å². The number of hydrogen-bond acceptors (Lipinski definition) is 3. The maximum atomic E-state index is 5.62. The lowest BCUT2D eigenvalue weighted by atomic mass is 9.90. The molecule has 0 bridgehead atoms. The molecule has 88 valence electrons. The molecule has 3 heteroatoms.